The van der Waals surface area contributed by atoms with Gasteiger partial charge in [-0.25, -0.2) is 0 Å². The van der Waals surface area contributed by atoms with Crippen LogP contribution in [0.1, 0.15) is 25.0 Å². The second kappa shape index (κ2) is 4.85. The Morgan fingerprint density at radius 1 is 1.44 bits per heavy atom. The second-order valence-electron chi connectivity index (χ2n) is 4.52. The quantitative estimate of drug-likeness (QED) is 0.814. The lowest BCUT2D eigenvalue weighted by Gasteiger charge is -2.23. The van der Waals surface area contributed by atoms with Crippen molar-refractivity contribution in [3.05, 3.63) is 29.8 Å². The highest BCUT2D eigenvalue weighted by molar-refractivity contribution is 5.55. The maximum atomic E-state index is 9.71. The molecule has 1 aliphatic rings. The van der Waals surface area contributed by atoms with Gasteiger partial charge in [0.15, 0.2) is 0 Å². The van der Waals surface area contributed by atoms with Gasteiger partial charge in [0.1, 0.15) is 0 Å². The third-order valence-electron chi connectivity index (χ3n) is 3.27. The van der Waals surface area contributed by atoms with Gasteiger partial charge in [0, 0.05) is 36.9 Å². The van der Waals surface area contributed by atoms with Crippen LogP contribution < -0.4 is 4.90 Å². The van der Waals surface area contributed by atoms with E-state index in [9.17, 15) is 5.11 Å². The van der Waals surface area contributed by atoms with Gasteiger partial charge in [-0.3, -0.25) is 0 Å². The van der Waals surface area contributed by atoms with Gasteiger partial charge in [-0.2, -0.15) is 0 Å². The maximum Gasteiger partial charge on any atom is 0.0781 e. The number of benzene rings is 1. The molecule has 3 nitrogen and oxygen atoms in total. The van der Waals surface area contributed by atoms with Crippen LogP contribution in [0.3, 0.4) is 0 Å². The Bertz CT molecular complexity index is 352. The Morgan fingerprint density at radius 2 is 2.19 bits per heavy atom. The lowest BCUT2D eigenvalue weighted by Crippen LogP contribution is -2.22. The smallest absolute Gasteiger partial charge is 0.0781 e. The topological polar surface area (TPSA) is 43.7 Å². The van der Waals surface area contributed by atoms with E-state index in [4.69, 9.17) is 5.11 Å². The Balaban J connectivity index is 2.20. The van der Waals surface area contributed by atoms with E-state index in [1.165, 1.54) is 0 Å². The first-order valence-electron chi connectivity index (χ1n) is 5.85. The normalized spacial score (nSPS) is 22.4. The van der Waals surface area contributed by atoms with Crippen molar-refractivity contribution in [1.29, 1.82) is 0 Å². The first kappa shape index (κ1) is 11.4. The Labute approximate surface area is 96.3 Å². The van der Waals surface area contributed by atoms with E-state index in [2.05, 4.69) is 4.90 Å². The van der Waals surface area contributed by atoms with Gasteiger partial charge in [-0.15, -0.1) is 0 Å². The Hall–Kier alpha value is -1.06. The summed E-state index contributed by atoms with van der Waals surface area (Å²) in [4.78, 5) is 2.25. The molecule has 0 amide bonds. The highest BCUT2D eigenvalue weighted by Crippen LogP contribution is 2.30. The number of para-hydroxylation sites is 1. The molecule has 1 aromatic carbocycles. The van der Waals surface area contributed by atoms with Crippen LogP contribution in [-0.2, 0) is 0 Å². The molecule has 0 bridgehead atoms. The van der Waals surface area contributed by atoms with Gasteiger partial charge in [0.25, 0.3) is 0 Å². The first-order chi connectivity index (χ1) is 7.72. The zero-order valence-corrected chi connectivity index (χ0v) is 9.63. The molecular weight excluding hydrogens is 202 g/mol. The van der Waals surface area contributed by atoms with Gasteiger partial charge in [-0.05, 0) is 19.4 Å². The predicted molar refractivity (Wildman–Crippen MR) is 64.5 cm³/mol. The van der Waals surface area contributed by atoms with Crippen LogP contribution in [0.15, 0.2) is 24.3 Å². The number of nitrogens with zero attached hydrogens (tertiary/aromatic N) is 1. The third kappa shape index (κ3) is 2.20. The Kier molecular flexibility index (Phi) is 3.46. The fourth-order valence-corrected chi connectivity index (χ4v) is 2.33. The standard InChI is InChI=1S/C13H19NO2/c1-10(16)12-4-2-3-5-13(12)14-7-6-11(8-14)9-15/h2-5,10-11,15-16H,6-9H2,1H3. The van der Waals surface area contributed by atoms with Crippen LogP contribution in [-0.4, -0.2) is 29.9 Å². The molecule has 1 aliphatic heterocycles. The summed E-state index contributed by atoms with van der Waals surface area (Å²) in [6, 6.07) is 7.95. The molecule has 2 rings (SSSR count). The van der Waals surface area contributed by atoms with Crippen molar-refractivity contribution in [2.24, 2.45) is 5.92 Å². The van der Waals surface area contributed by atoms with Crippen molar-refractivity contribution in [3.63, 3.8) is 0 Å². The minimum Gasteiger partial charge on any atom is -0.396 e. The lowest BCUT2D eigenvalue weighted by atomic mass is 10.1. The largest absolute Gasteiger partial charge is 0.396 e. The minimum atomic E-state index is -0.440. The zero-order chi connectivity index (χ0) is 11.5. The number of aliphatic hydroxyl groups is 2. The average Bonchev–Trinajstić information content (AvgIpc) is 2.77. The summed E-state index contributed by atoms with van der Waals surface area (Å²) in [7, 11) is 0. The van der Waals surface area contributed by atoms with Crippen LogP contribution in [0.4, 0.5) is 5.69 Å². The van der Waals surface area contributed by atoms with E-state index in [1.54, 1.807) is 6.92 Å². The molecule has 1 saturated heterocycles. The van der Waals surface area contributed by atoms with Crippen molar-refractivity contribution in [1.82, 2.24) is 0 Å². The number of anilines is 1. The van der Waals surface area contributed by atoms with Crippen molar-refractivity contribution in [2.45, 2.75) is 19.4 Å². The lowest BCUT2D eigenvalue weighted by molar-refractivity contribution is 0.199. The molecule has 0 saturated carbocycles. The highest BCUT2D eigenvalue weighted by Gasteiger charge is 2.24. The van der Waals surface area contributed by atoms with E-state index in [0.717, 1.165) is 30.8 Å². The maximum absolute atomic E-state index is 9.71. The summed E-state index contributed by atoms with van der Waals surface area (Å²) in [5.41, 5.74) is 2.08. The number of hydrogen-bond acceptors (Lipinski definition) is 3. The average molecular weight is 221 g/mol. The molecule has 3 heteroatoms. The summed E-state index contributed by atoms with van der Waals surface area (Å²) in [6.07, 6.45) is 0.592. The van der Waals surface area contributed by atoms with Crippen LogP contribution in [0.2, 0.25) is 0 Å². The predicted octanol–water partition coefficient (Wildman–Crippen LogP) is 1.56. The molecule has 1 heterocycles. The van der Waals surface area contributed by atoms with Gasteiger partial charge < -0.3 is 15.1 Å². The van der Waals surface area contributed by atoms with Gasteiger partial charge in [0.2, 0.25) is 0 Å². The van der Waals surface area contributed by atoms with E-state index in [0.29, 0.717) is 5.92 Å². The molecule has 16 heavy (non-hydrogen) atoms. The summed E-state index contributed by atoms with van der Waals surface area (Å²) in [5.74, 6) is 0.377. The molecule has 0 spiro atoms. The molecule has 0 radical (unpaired) electrons. The highest BCUT2D eigenvalue weighted by atomic mass is 16.3. The number of aliphatic hydroxyl groups excluding tert-OH is 2. The minimum absolute atomic E-state index is 0.257. The molecule has 0 aromatic heterocycles. The van der Waals surface area contributed by atoms with Crippen LogP contribution >= 0.6 is 0 Å². The Morgan fingerprint density at radius 3 is 2.81 bits per heavy atom. The summed E-state index contributed by atoms with van der Waals surface area (Å²) in [6.45, 7) is 3.90. The van der Waals surface area contributed by atoms with E-state index in [-0.39, 0.29) is 6.61 Å². The van der Waals surface area contributed by atoms with Crippen molar-refractivity contribution < 1.29 is 10.2 Å². The van der Waals surface area contributed by atoms with E-state index >= 15 is 0 Å². The van der Waals surface area contributed by atoms with Crippen molar-refractivity contribution >= 4 is 5.69 Å². The molecule has 1 fully saturated rings. The fourth-order valence-electron chi connectivity index (χ4n) is 2.33. The number of rotatable bonds is 3. The summed E-state index contributed by atoms with van der Waals surface area (Å²) >= 11 is 0. The molecule has 1 aromatic rings. The van der Waals surface area contributed by atoms with Gasteiger partial charge >= 0.3 is 0 Å². The zero-order valence-electron chi connectivity index (χ0n) is 9.63. The molecular formula is C13H19NO2. The van der Waals surface area contributed by atoms with Crippen molar-refractivity contribution in [3.8, 4) is 0 Å². The monoisotopic (exact) mass is 221 g/mol. The van der Waals surface area contributed by atoms with Gasteiger partial charge in [-0.1, -0.05) is 18.2 Å². The number of hydrogen-bond donors (Lipinski definition) is 2. The van der Waals surface area contributed by atoms with Crippen LogP contribution in [0.25, 0.3) is 0 Å². The SMILES string of the molecule is CC(O)c1ccccc1N1CCC(CO)C1. The second-order valence-corrected chi connectivity index (χ2v) is 4.52. The molecule has 2 unspecified atom stereocenters. The third-order valence-corrected chi connectivity index (χ3v) is 3.27. The first-order valence-corrected chi connectivity index (χ1v) is 5.85. The molecule has 88 valence electrons. The van der Waals surface area contributed by atoms with Crippen LogP contribution in [0.5, 0.6) is 0 Å². The van der Waals surface area contributed by atoms with Crippen LogP contribution in [0, 0.1) is 5.92 Å². The van der Waals surface area contributed by atoms with Gasteiger partial charge in [0.05, 0.1) is 6.10 Å². The van der Waals surface area contributed by atoms with E-state index in [1.807, 2.05) is 24.3 Å². The summed E-state index contributed by atoms with van der Waals surface area (Å²) in [5, 5.41) is 18.8. The fraction of sp³-hybridized carbons (Fsp3) is 0.538. The molecule has 2 N–H and O–H groups in total. The van der Waals surface area contributed by atoms with E-state index < -0.39 is 6.10 Å². The molecule has 0 aliphatic carbocycles. The molecule has 2 atom stereocenters. The van der Waals surface area contributed by atoms with Crippen molar-refractivity contribution in [2.75, 3.05) is 24.6 Å². The summed E-state index contributed by atoms with van der Waals surface area (Å²) < 4.78 is 0.